The van der Waals surface area contributed by atoms with Gasteiger partial charge in [0.1, 0.15) is 6.10 Å². The first-order valence-electron chi connectivity index (χ1n) is 12.7. The highest BCUT2D eigenvalue weighted by molar-refractivity contribution is 7.92. The summed E-state index contributed by atoms with van der Waals surface area (Å²) in [5.41, 5.74) is 4.48. The zero-order chi connectivity index (χ0) is 27.0. The second-order valence-electron chi connectivity index (χ2n) is 9.89. The van der Waals surface area contributed by atoms with E-state index in [1.807, 2.05) is 44.2 Å². The molecule has 2 aliphatic heterocycles. The number of amides is 2. The summed E-state index contributed by atoms with van der Waals surface area (Å²) >= 11 is 0. The van der Waals surface area contributed by atoms with Crippen LogP contribution in [0, 0.1) is 6.92 Å². The van der Waals surface area contributed by atoms with Gasteiger partial charge in [-0.05, 0) is 74.2 Å². The fourth-order valence-corrected chi connectivity index (χ4v) is 6.16. The Morgan fingerprint density at radius 1 is 0.947 bits per heavy atom. The summed E-state index contributed by atoms with van der Waals surface area (Å²) in [6.45, 7) is 6.33. The lowest BCUT2D eigenvalue weighted by Gasteiger charge is -2.41. The van der Waals surface area contributed by atoms with Crippen LogP contribution in [0.2, 0.25) is 0 Å². The Balaban J connectivity index is 1.44. The molecule has 3 aromatic rings. The van der Waals surface area contributed by atoms with Gasteiger partial charge in [-0.3, -0.25) is 14.3 Å². The maximum absolute atomic E-state index is 13.4. The third kappa shape index (κ3) is 5.04. The van der Waals surface area contributed by atoms with Crippen molar-refractivity contribution < 1.29 is 22.7 Å². The van der Waals surface area contributed by atoms with Gasteiger partial charge in [0.25, 0.3) is 15.9 Å². The van der Waals surface area contributed by atoms with Crippen LogP contribution in [0.5, 0.6) is 0 Å². The molecule has 9 heteroatoms. The molecule has 2 aliphatic rings. The van der Waals surface area contributed by atoms with Crippen molar-refractivity contribution in [2.24, 2.45) is 0 Å². The number of benzene rings is 3. The van der Waals surface area contributed by atoms with Crippen molar-refractivity contribution in [3.05, 3.63) is 72.3 Å². The molecule has 1 saturated heterocycles. The highest BCUT2D eigenvalue weighted by Crippen LogP contribution is 2.40. The first-order chi connectivity index (χ1) is 18.1. The van der Waals surface area contributed by atoms with Crippen LogP contribution < -0.4 is 14.5 Å². The molecule has 0 bridgehead atoms. The molecular weight excluding hydrogens is 502 g/mol. The van der Waals surface area contributed by atoms with Crippen LogP contribution in [0.15, 0.2) is 71.6 Å². The van der Waals surface area contributed by atoms with Crippen LogP contribution in [-0.4, -0.2) is 45.5 Å². The maximum atomic E-state index is 13.4. The molecule has 3 aromatic carbocycles. The molecule has 8 nitrogen and oxygen atoms in total. The van der Waals surface area contributed by atoms with Crippen molar-refractivity contribution in [1.82, 2.24) is 0 Å². The maximum Gasteiger partial charge on any atom is 0.261 e. The number of nitrogens with zero attached hydrogens (tertiary/aromatic N) is 2. The molecule has 0 radical (unpaired) electrons. The highest BCUT2D eigenvalue weighted by atomic mass is 32.2. The number of hydrogen-bond acceptors (Lipinski definition) is 5. The van der Waals surface area contributed by atoms with Gasteiger partial charge in [0.2, 0.25) is 5.91 Å². The fourth-order valence-electron chi connectivity index (χ4n) is 5.10. The molecule has 2 atom stereocenters. The summed E-state index contributed by atoms with van der Waals surface area (Å²) in [6.07, 6.45) is 1.07. The number of aryl methyl sites for hydroxylation is 1. The summed E-state index contributed by atoms with van der Waals surface area (Å²) in [7, 11) is -3.71. The lowest BCUT2D eigenvalue weighted by molar-refractivity contribution is -0.127. The zero-order valence-electron chi connectivity index (χ0n) is 21.7. The van der Waals surface area contributed by atoms with Crippen LogP contribution >= 0.6 is 0 Å². The van der Waals surface area contributed by atoms with Crippen LogP contribution in [0.25, 0.3) is 11.1 Å². The third-order valence-electron chi connectivity index (χ3n) is 7.03. The fraction of sp³-hybridized carbons (Fsp3) is 0.310. The molecule has 5 rings (SSSR count). The Hall–Kier alpha value is -3.69. The summed E-state index contributed by atoms with van der Waals surface area (Å²) in [6, 6.07) is 19.3. The lowest BCUT2D eigenvalue weighted by atomic mass is 9.99. The van der Waals surface area contributed by atoms with E-state index >= 15 is 0 Å². The number of fused-ring (bicyclic) bond motifs is 1. The minimum Gasteiger partial charge on any atom is -0.368 e. The van der Waals surface area contributed by atoms with Crippen LogP contribution in [0.4, 0.5) is 17.1 Å². The molecule has 2 heterocycles. The molecule has 38 heavy (non-hydrogen) atoms. The van der Waals surface area contributed by atoms with Crippen LogP contribution in [-0.2, 0) is 24.3 Å². The zero-order valence-corrected chi connectivity index (χ0v) is 22.5. The van der Waals surface area contributed by atoms with Gasteiger partial charge in [0.05, 0.1) is 22.3 Å². The molecule has 0 aliphatic carbocycles. The van der Waals surface area contributed by atoms with E-state index in [1.165, 1.54) is 6.92 Å². The molecule has 1 N–H and O–H groups in total. The predicted molar refractivity (Wildman–Crippen MR) is 148 cm³/mol. The smallest absolute Gasteiger partial charge is 0.261 e. The van der Waals surface area contributed by atoms with Gasteiger partial charge in [-0.1, -0.05) is 35.9 Å². The van der Waals surface area contributed by atoms with Crippen molar-refractivity contribution >= 4 is 38.9 Å². The van der Waals surface area contributed by atoms with E-state index in [0.29, 0.717) is 36.6 Å². The van der Waals surface area contributed by atoms with Crippen molar-refractivity contribution in [2.45, 2.75) is 50.7 Å². The number of nitrogens with one attached hydrogen (secondary N) is 1. The standard InChI is InChI=1S/C29H31N3O5S/c1-19-6-13-25(14-7-19)38(35,36)30-24-11-8-22(9-12-24)23-10-15-26-27(17-23)31(18-20(2)32(26)21(3)33)29(34)28-5-4-16-37-28/h6-15,17,20,28,30H,4-5,16,18H2,1-3H3/t20-,28?/m0/s1. The summed E-state index contributed by atoms with van der Waals surface area (Å²) < 4.78 is 33.8. The second-order valence-corrected chi connectivity index (χ2v) is 11.6. The molecular formula is C29H31N3O5S. The number of rotatable bonds is 5. The third-order valence-corrected chi connectivity index (χ3v) is 8.42. The van der Waals surface area contributed by atoms with Crippen molar-refractivity contribution in [3.8, 4) is 11.1 Å². The number of anilines is 3. The van der Waals surface area contributed by atoms with Gasteiger partial charge in [0.15, 0.2) is 0 Å². The minimum atomic E-state index is -3.71. The Labute approximate surface area is 223 Å². The average Bonchev–Trinajstić information content (AvgIpc) is 3.43. The number of ether oxygens (including phenoxy) is 1. The van der Waals surface area contributed by atoms with Gasteiger partial charge in [0, 0.05) is 25.8 Å². The number of carbonyl (C=O) groups is 2. The highest BCUT2D eigenvalue weighted by Gasteiger charge is 2.37. The summed E-state index contributed by atoms with van der Waals surface area (Å²) in [5.74, 6) is -0.169. The Bertz CT molecular complexity index is 1460. The second kappa shape index (κ2) is 10.2. The molecule has 1 fully saturated rings. The van der Waals surface area contributed by atoms with Crippen molar-refractivity contribution in [2.75, 3.05) is 27.7 Å². The average molecular weight is 534 g/mol. The predicted octanol–water partition coefficient (Wildman–Crippen LogP) is 4.73. The van der Waals surface area contributed by atoms with E-state index in [-0.39, 0.29) is 22.8 Å². The monoisotopic (exact) mass is 533 g/mol. The molecule has 0 spiro atoms. The van der Waals surface area contributed by atoms with Crippen LogP contribution in [0.1, 0.15) is 32.3 Å². The van der Waals surface area contributed by atoms with Gasteiger partial charge in [-0.25, -0.2) is 8.42 Å². The van der Waals surface area contributed by atoms with Gasteiger partial charge in [-0.15, -0.1) is 0 Å². The molecule has 0 aromatic heterocycles. The van der Waals surface area contributed by atoms with E-state index in [1.54, 1.807) is 46.2 Å². The quantitative estimate of drug-likeness (QED) is 0.512. The largest absolute Gasteiger partial charge is 0.368 e. The summed E-state index contributed by atoms with van der Waals surface area (Å²) in [4.78, 5) is 29.5. The number of sulfonamides is 1. The minimum absolute atomic E-state index is 0.0825. The summed E-state index contributed by atoms with van der Waals surface area (Å²) in [5, 5.41) is 0. The van der Waals surface area contributed by atoms with E-state index in [2.05, 4.69) is 4.72 Å². The van der Waals surface area contributed by atoms with E-state index in [0.717, 1.165) is 23.1 Å². The van der Waals surface area contributed by atoms with Gasteiger partial charge >= 0.3 is 0 Å². The number of hydrogen-bond donors (Lipinski definition) is 1. The normalized spacial score (nSPS) is 19.2. The first-order valence-corrected chi connectivity index (χ1v) is 14.2. The molecule has 198 valence electrons. The van der Waals surface area contributed by atoms with Gasteiger partial charge < -0.3 is 14.5 Å². The topological polar surface area (TPSA) is 96.0 Å². The Morgan fingerprint density at radius 3 is 2.26 bits per heavy atom. The molecule has 0 saturated carbocycles. The van der Waals surface area contributed by atoms with E-state index in [9.17, 15) is 18.0 Å². The number of carbonyl (C=O) groups excluding carboxylic acids is 2. The van der Waals surface area contributed by atoms with E-state index < -0.39 is 16.1 Å². The molecule has 2 amide bonds. The van der Waals surface area contributed by atoms with Crippen molar-refractivity contribution in [1.29, 1.82) is 0 Å². The van der Waals surface area contributed by atoms with Crippen molar-refractivity contribution in [3.63, 3.8) is 0 Å². The lowest BCUT2D eigenvalue weighted by Crippen LogP contribution is -2.53. The van der Waals surface area contributed by atoms with Crippen LogP contribution in [0.3, 0.4) is 0 Å². The van der Waals surface area contributed by atoms with E-state index in [4.69, 9.17) is 4.74 Å². The Kier molecular flexibility index (Phi) is 6.98. The van der Waals surface area contributed by atoms with Gasteiger partial charge in [-0.2, -0.15) is 0 Å². The first kappa shape index (κ1) is 25.9. The molecule has 1 unspecified atom stereocenters. The SMILES string of the molecule is CC(=O)N1c2ccc(-c3ccc(NS(=O)(=O)c4ccc(C)cc4)cc3)cc2N(C(=O)C2CCCO2)C[C@@H]1C. The Morgan fingerprint density at radius 2 is 1.63 bits per heavy atom.